The van der Waals surface area contributed by atoms with Crippen molar-refractivity contribution in [3.05, 3.63) is 53.9 Å². The van der Waals surface area contributed by atoms with E-state index in [0.29, 0.717) is 17.2 Å². The van der Waals surface area contributed by atoms with E-state index in [1.165, 1.54) is 11.3 Å². The molecule has 0 atom stereocenters. The topological polar surface area (TPSA) is 63.5 Å². The van der Waals surface area contributed by atoms with Gasteiger partial charge in [0.25, 0.3) is 0 Å². The van der Waals surface area contributed by atoms with Crippen LogP contribution < -0.4 is 4.72 Å². The molecule has 3 heterocycles. The number of sulfonamides is 1. The Balaban J connectivity index is 1.69. The van der Waals surface area contributed by atoms with Crippen LogP contribution in [-0.2, 0) is 16.4 Å². The lowest BCUT2D eigenvalue weighted by molar-refractivity contribution is 0.583. The summed E-state index contributed by atoms with van der Waals surface area (Å²) in [5.41, 5.74) is 1.00. The van der Waals surface area contributed by atoms with Gasteiger partial charge in [-0.3, -0.25) is 0 Å². The van der Waals surface area contributed by atoms with Crippen LogP contribution in [0.1, 0.15) is 5.82 Å². The molecule has 0 aromatic carbocycles. The molecule has 0 aliphatic carbocycles. The molecule has 0 unspecified atom stereocenters. The van der Waals surface area contributed by atoms with E-state index in [0.717, 1.165) is 11.3 Å². The molecule has 7 heteroatoms. The molecule has 0 aliphatic rings. The van der Waals surface area contributed by atoms with Crippen molar-refractivity contribution >= 4 is 26.9 Å². The first-order valence-electron chi connectivity index (χ1n) is 6.11. The number of hydrogen-bond donors (Lipinski definition) is 1. The summed E-state index contributed by atoms with van der Waals surface area (Å²) >= 11 is 1.21. The molecule has 0 radical (unpaired) electrons. The Hall–Kier alpha value is -1.70. The van der Waals surface area contributed by atoms with Crippen molar-refractivity contribution in [3.63, 3.8) is 0 Å². The molecule has 5 nitrogen and oxygen atoms in total. The van der Waals surface area contributed by atoms with Crippen LogP contribution in [0.2, 0.25) is 0 Å². The van der Waals surface area contributed by atoms with Gasteiger partial charge in [-0.1, -0.05) is 12.1 Å². The summed E-state index contributed by atoms with van der Waals surface area (Å²) in [6.45, 7) is 0.328. The van der Waals surface area contributed by atoms with Crippen LogP contribution in [0.15, 0.2) is 52.3 Å². The van der Waals surface area contributed by atoms with Crippen molar-refractivity contribution < 1.29 is 8.42 Å². The van der Waals surface area contributed by atoms with E-state index in [-0.39, 0.29) is 0 Å². The molecule has 0 saturated heterocycles. The number of thiophene rings is 1. The summed E-state index contributed by atoms with van der Waals surface area (Å²) in [5, 5.41) is 1.75. The van der Waals surface area contributed by atoms with Gasteiger partial charge in [0.1, 0.15) is 10.0 Å². The Bertz CT molecular complexity index is 807. The lowest BCUT2D eigenvalue weighted by Crippen LogP contribution is -2.25. The standard InChI is InChI=1S/C13H13N3O2S2/c17-20(18,13-5-3-9-19-13)15-7-6-12-14-10-11-4-1-2-8-16(11)12/h1-5,8-10,15H,6-7H2. The number of nitrogens with one attached hydrogen (secondary N) is 1. The van der Waals surface area contributed by atoms with Crippen LogP contribution in [0.4, 0.5) is 0 Å². The van der Waals surface area contributed by atoms with Crippen LogP contribution in [0.5, 0.6) is 0 Å². The quantitative estimate of drug-likeness (QED) is 0.783. The van der Waals surface area contributed by atoms with Crippen molar-refractivity contribution in [1.29, 1.82) is 0 Å². The fourth-order valence-electron chi connectivity index (χ4n) is 1.97. The highest BCUT2D eigenvalue weighted by Gasteiger charge is 2.14. The highest BCUT2D eigenvalue weighted by molar-refractivity contribution is 7.91. The molecule has 0 aliphatic heterocycles. The monoisotopic (exact) mass is 307 g/mol. The first-order valence-corrected chi connectivity index (χ1v) is 8.47. The average molecular weight is 307 g/mol. The van der Waals surface area contributed by atoms with Gasteiger partial charge >= 0.3 is 0 Å². The molecule has 0 fully saturated rings. The molecule has 0 spiro atoms. The van der Waals surface area contributed by atoms with Crippen LogP contribution in [0, 0.1) is 0 Å². The zero-order valence-electron chi connectivity index (χ0n) is 10.6. The van der Waals surface area contributed by atoms with Crippen molar-refractivity contribution in [2.24, 2.45) is 0 Å². The summed E-state index contributed by atoms with van der Waals surface area (Å²) in [6.07, 6.45) is 4.25. The Morgan fingerprint density at radius 3 is 2.95 bits per heavy atom. The third-order valence-corrected chi connectivity index (χ3v) is 5.77. The zero-order valence-corrected chi connectivity index (χ0v) is 12.2. The molecular formula is C13H13N3O2S2. The second-order valence-corrected chi connectivity index (χ2v) is 7.19. The molecule has 0 saturated carbocycles. The predicted molar refractivity (Wildman–Crippen MR) is 78.4 cm³/mol. The summed E-state index contributed by atoms with van der Waals surface area (Å²) in [4.78, 5) is 4.31. The van der Waals surface area contributed by atoms with Gasteiger partial charge in [-0.15, -0.1) is 11.3 Å². The molecule has 0 bridgehead atoms. The van der Waals surface area contributed by atoms with E-state index >= 15 is 0 Å². The van der Waals surface area contributed by atoms with E-state index in [4.69, 9.17) is 0 Å². The second-order valence-electron chi connectivity index (χ2n) is 4.25. The first-order chi connectivity index (χ1) is 9.67. The molecule has 3 aromatic heterocycles. The average Bonchev–Trinajstić information content (AvgIpc) is 3.08. The van der Waals surface area contributed by atoms with Crippen molar-refractivity contribution in [2.75, 3.05) is 6.54 Å². The zero-order chi connectivity index (χ0) is 14.0. The highest BCUT2D eigenvalue weighted by atomic mass is 32.2. The Morgan fingerprint density at radius 1 is 1.25 bits per heavy atom. The molecule has 0 amide bonds. The minimum Gasteiger partial charge on any atom is -0.304 e. The van der Waals surface area contributed by atoms with Gasteiger partial charge in [0.15, 0.2) is 0 Å². The molecule has 20 heavy (non-hydrogen) atoms. The minimum absolute atomic E-state index is 0.328. The number of rotatable bonds is 5. The Kier molecular flexibility index (Phi) is 3.56. The number of pyridine rings is 1. The largest absolute Gasteiger partial charge is 0.304 e. The van der Waals surface area contributed by atoms with Crippen LogP contribution in [0.3, 0.4) is 0 Å². The number of imidazole rings is 1. The van der Waals surface area contributed by atoms with E-state index in [1.54, 1.807) is 23.7 Å². The summed E-state index contributed by atoms with van der Waals surface area (Å²) in [6, 6.07) is 9.15. The van der Waals surface area contributed by atoms with E-state index in [1.807, 2.05) is 28.8 Å². The van der Waals surface area contributed by atoms with E-state index in [9.17, 15) is 8.42 Å². The first kappa shape index (κ1) is 13.3. The third kappa shape index (κ3) is 2.60. The smallest absolute Gasteiger partial charge is 0.250 e. The Morgan fingerprint density at radius 2 is 2.15 bits per heavy atom. The van der Waals surface area contributed by atoms with Gasteiger partial charge in [-0.25, -0.2) is 18.1 Å². The lowest BCUT2D eigenvalue weighted by atomic mass is 10.4. The van der Waals surface area contributed by atoms with Crippen LogP contribution in [-0.4, -0.2) is 24.3 Å². The van der Waals surface area contributed by atoms with Crippen molar-refractivity contribution in [2.45, 2.75) is 10.6 Å². The second kappa shape index (κ2) is 5.35. The number of hydrogen-bond acceptors (Lipinski definition) is 4. The normalized spacial score (nSPS) is 12.0. The number of nitrogens with zero attached hydrogens (tertiary/aromatic N) is 2. The molecule has 1 N–H and O–H groups in total. The van der Waals surface area contributed by atoms with Crippen LogP contribution >= 0.6 is 11.3 Å². The number of fused-ring (bicyclic) bond motifs is 1. The minimum atomic E-state index is -3.39. The van der Waals surface area contributed by atoms with E-state index < -0.39 is 10.0 Å². The maximum absolute atomic E-state index is 12.0. The van der Waals surface area contributed by atoms with Gasteiger partial charge in [-0.2, -0.15) is 0 Å². The van der Waals surface area contributed by atoms with Gasteiger partial charge in [-0.05, 0) is 23.6 Å². The van der Waals surface area contributed by atoms with Gasteiger partial charge in [0.2, 0.25) is 10.0 Å². The summed E-state index contributed by atoms with van der Waals surface area (Å²) in [7, 11) is -3.39. The summed E-state index contributed by atoms with van der Waals surface area (Å²) in [5.74, 6) is 0.842. The Labute approximate surface area is 121 Å². The predicted octanol–water partition coefficient (Wildman–Crippen LogP) is 1.92. The van der Waals surface area contributed by atoms with Crippen molar-refractivity contribution in [3.8, 4) is 0 Å². The molecule has 3 rings (SSSR count). The SMILES string of the molecule is O=S(=O)(NCCc1ncc2ccccn12)c1cccs1. The van der Waals surface area contributed by atoms with Crippen molar-refractivity contribution in [1.82, 2.24) is 14.1 Å². The summed E-state index contributed by atoms with van der Waals surface area (Å²) < 4.78 is 28.8. The maximum atomic E-state index is 12.0. The molecule has 3 aromatic rings. The fourth-order valence-corrected chi connectivity index (χ4v) is 4.04. The molecular weight excluding hydrogens is 294 g/mol. The van der Waals surface area contributed by atoms with E-state index in [2.05, 4.69) is 9.71 Å². The maximum Gasteiger partial charge on any atom is 0.250 e. The van der Waals surface area contributed by atoms with Gasteiger partial charge in [0.05, 0.1) is 11.7 Å². The number of aromatic nitrogens is 2. The third-order valence-electron chi connectivity index (χ3n) is 2.92. The van der Waals surface area contributed by atoms with Gasteiger partial charge < -0.3 is 4.40 Å². The molecule has 104 valence electrons. The highest BCUT2D eigenvalue weighted by Crippen LogP contribution is 2.15. The fraction of sp³-hybridized carbons (Fsp3) is 0.154. The lowest BCUT2D eigenvalue weighted by Gasteiger charge is -2.04. The van der Waals surface area contributed by atoms with Gasteiger partial charge in [0, 0.05) is 19.2 Å². The van der Waals surface area contributed by atoms with Crippen LogP contribution in [0.25, 0.3) is 5.52 Å².